The molecule has 0 saturated carbocycles. The van der Waals surface area contributed by atoms with Crippen LogP contribution in [0, 0.1) is 5.82 Å². The molecule has 36 heavy (non-hydrogen) atoms. The molecular weight excluding hydrogens is 496 g/mol. The summed E-state index contributed by atoms with van der Waals surface area (Å²) in [5.74, 6) is -0.781. The molecular formula is C26H23ClF4N4O. The van der Waals surface area contributed by atoms with Crippen LogP contribution in [0.25, 0.3) is 6.08 Å². The highest BCUT2D eigenvalue weighted by molar-refractivity contribution is 6.29. The van der Waals surface area contributed by atoms with E-state index in [0.717, 1.165) is 12.1 Å². The fraction of sp³-hybridized carbons (Fsp3) is 0.231. The summed E-state index contributed by atoms with van der Waals surface area (Å²) < 4.78 is 52.1. The number of alkyl halides is 3. The second-order valence-electron chi connectivity index (χ2n) is 8.29. The van der Waals surface area contributed by atoms with E-state index in [-0.39, 0.29) is 11.1 Å². The van der Waals surface area contributed by atoms with Crippen molar-refractivity contribution >= 4 is 35.0 Å². The van der Waals surface area contributed by atoms with E-state index in [1.165, 1.54) is 42.6 Å². The lowest BCUT2D eigenvalue weighted by molar-refractivity contribution is -0.137. The Morgan fingerprint density at radius 1 is 1.03 bits per heavy atom. The summed E-state index contributed by atoms with van der Waals surface area (Å²) in [7, 11) is 0. The summed E-state index contributed by atoms with van der Waals surface area (Å²) in [6, 6.07) is 12.2. The van der Waals surface area contributed by atoms with Crippen LogP contribution in [0.2, 0.25) is 5.15 Å². The van der Waals surface area contributed by atoms with Gasteiger partial charge in [0.1, 0.15) is 11.0 Å². The Hall–Kier alpha value is -3.43. The van der Waals surface area contributed by atoms with E-state index in [4.69, 9.17) is 11.6 Å². The predicted octanol–water partition coefficient (Wildman–Crippen LogP) is 5.98. The normalized spacial score (nSPS) is 14.9. The third-order valence-electron chi connectivity index (χ3n) is 5.82. The molecule has 1 amide bonds. The SMILES string of the molecule is O=C(Nc1ccc(F)cc1N1CCN(C/C=C/c2ccc(C(F)(F)F)cc2)CC1)c1ccnc(Cl)c1. The molecule has 0 spiro atoms. The molecule has 0 atom stereocenters. The van der Waals surface area contributed by atoms with Gasteiger partial charge in [0.15, 0.2) is 0 Å². The van der Waals surface area contributed by atoms with Crippen LogP contribution in [0.1, 0.15) is 21.5 Å². The van der Waals surface area contributed by atoms with Crippen molar-refractivity contribution in [3.8, 4) is 0 Å². The number of nitrogens with zero attached hydrogens (tertiary/aromatic N) is 3. The Morgan fingerprint density at radius 3 is 2.42 bits per heavy atom. The molecule has 10 heteroatoms. The van der Waals surface area contributed by atoms with Crippen LogP contribution < -0.4 is 10.2 Å². The minimum atomic E-state index is -4.35. The highest BCUT2D eigenvalue weighted by atomic mass is 35.5. The van der Waals surface area contributed by atoms with Crippen molar-refractivity contribution in [2.45, 2.75) is 6.18 Å². The van der Waals surface area contributed by atoms with Crippen molar-refractivity contribution in [2.75, 3.05) is 42.9 Å². The minimum Gasteiger partial charge on any atom is -0.367 e. The third-order valence-corrected chi connectivity index (χ3v) is 6.03. The number of aromatic nitrogens is 1. The molecule has 188 valence electrons. The molecule has 3 aromatic rings. The number of amides is 1. The number of halogens is 5. The number of hydrogen-bond acceptors (Lipinski definition) is 4. The van der Waals surface area contributed by atoms with E-state index in [9.17, 15) is 22.4 Å². The van der Waals surface area contributed by atoms with E-state index in [0.29, 0.717) is 55.2 Å². The average Bonchev–Trinajstić information content (AvgIpc) is 2.85. The molecule has 2 heterocycles. The zero-order valence-corrected chi connectivity index (χ0v) is 19.9. The van der Waals surface area contributed by atoms with Crippen LogP contribution in [0.4, 0.5) is 28.9 Å². The van der Waals surface area contributed by atoms with Gasteiger partial charge in [0, 0.05) is 44.5 Å². The smallest absolute Gasteiger partial charge is 0.367 e. The average molecular weight is 519 g/mol. The number of anilines is 2. The molecule has 2 aromatic carbocycles. The van der Waals surface area contributed by atoms with Crippen molar-refractivity contribution in [3.63, 3.8) is 0 Å². The van der Waals surface area contributed by atoms with Gasteiger partial charge in [-0.1, -0.05) is 35.9 Å². The number of piperazine rings is 1. The van der Waals surface area contributed by atoms with Crippen LogP contribution in [0.5, 0.6) is 0 Å². The molecule has 0 radical (unpaired) electrons. The molecule has 1 saturated heterocycles. The lowest BCUT2D eigenvalue weighted by Gasteiger charge is -2.36. The van der Waals surface area contributed by atoms with Crippen molar-refractivity contribution in [2.24, 2.45) is 0 Å². The van der Waals surface area contributed by atoms with Gasteiger partial charge in [-0.3, -0.25) is 9.69 Å². The van der Waals surface area contributed by atoms with Crippen molar-refractivity contribution in [3.05, 3.63) is 94.5 Å². The van der Waals surface area contributed by atoms with Gasteiger partial charge in [-0.25, -0.2) is 9.37 Å². The Balaban J connectivity index is 1.35. The summed E-state index contributed by atoms with van der Waals surface area (Å²) in [4.78, 5) is 20.7. The van der Waals surface area contributed by atoms with Crippen molar-refractivity contribution < 1.29 is 22.4 Å². The molecule has 1 N–H and O–H groups in total. The molecule has 1 aliphatic rings. The predicted molar refractivity (Wildman–Crippen MR) is 133 cm³/mol. The van der Waals surface area contributed by atoms with Crippen LogP contribution >= 0.6 is 11.6 Å². The molecule has 5 nitrogen and oxygen atoms in total. The number of carbonyl (C=O) groups is 1. The quantitative estimate of drug-likeness (QED) is 0.322. The number of benzene rings is 2. The number of hydrogen-bond donors (Lipinski definition) is 1. The van der Waals surface area contributed by atoms with Crippen molar-refractivity contribution in [1.82, 2.24) is 9.88 Å². The first kappa shape index (κ1) is 25.7. The largest absolute Gasteiger partial charge is 0.416 e. The summed E-state index contributed by atoms with van der Waals surface area (Å²) >= 11 is 5.87. The lowest BCUT2D eigenvalue weighted by atomic mass is 10.1. The molecule has 1 fully saturated rings. The summed E-state index contributed by atoms with van der Waals surface area (Å²) in [6.45, 7) is 3.25. The van der Waals surface area contributed by atoms with E-state index in [1.54, 1.807) is 12.1 Å². The van der Waals surface area contributed by atoms with Crippen LogP contribution in [-0.4, -0.2) is 48.5 Å². The standard InChI is InChI=1S/C26H23ClF4N4O/c27-24-16-19(9-10-32-24)25(36)33-22-8-7-21(28)17-23(22)35-14-12-34(13-15-35)11-1-2-18-3-5-20(6-4-18)26(29,30)31/h1-10,16-17H,11-15H2,(H,33,36)/b2-1+. The van der Waals surface area contributed by atoms with E-state index < -0.39 is 17.6 Å². The first-order valence-corrected chi connectivity index (χ1v) is 11.6. The maximum atomic E-state index is 14.1. The van der Waals surface area contributed by atoms with Gasteiger partial charge in [0.2, 0.25) is 0 Å². The van der Waals surface area contributed by atoms with E-state index in [1.807, 2.05) is 11.0 Å². The summed E-state index contributed by atoms with van der Waals surface area (Å²) in [5, 5.41) is 3.03. The van der Waals surface area contributed by atoms with E-state index in [2.05, 4.69) is 15.2 Å². The van der Waals surface area contributed by atoms with Gasteiger partial charge in [-0.15, -0.1) is 0 Å². The maximum absolute atomic E-state index is 14.1. The molecule has 1 aromatic heterocycles. The second-order valence-corrected chi connectivity index (χ2v) is 8.68. The first-order valence-electron chi connectivity index (χ1n) is 11.2. The third kappa shape index (κ3) is 6.61. The summed E-state index contributed by atoms with van der Waals surface area (Å²) in [5.41, 5.74) is 1.44. The molecule has 0 aliphatic carbocycles. The number of rotatable bonds is 6. The molecule has 0 unspecified atom stereocenters. The van der Waals surface area contributed by atoms with Gasteiger partial charge >= 0.3 is 6.18 Å². The Morgan fingerprint density at radius 2 is 1.75 bits per heavy atom. The topological polar surface area (TPSA) is 48.5 Å². The van der Waals surface area contributed by atoms with Crippen LogP contribution in [0.3, 0.4) is 0 Å². The maximum Gasteiger partial charge on any atom is 0.416 e. The highest BCUT2D eigenvalue weighted by Gasteiger charge is 2.29. The highest BCUT2D eigenvalue weighted by Crippen LogP contribution is 2.30. The fourth-order valence-corrected chi connectivity index (χ4v) is 4.08. The Kier molecular flexibility index (Phi) is 7.91. The Bertz CT molecular complexity index is 1240. The zero-order chi connectivity index (χ0) is 25.7. The van der Waals surface area contributed by atoms with Crippen LogP contribution in [-0.2, 0) is 6.18 Å². The summed E-state index contributed by atoms with van der Waals surface area (Å²) in [6.07, 6.45) is 0.789. The van der Waals surface area contributed by atoms with E-state index >= 15 is 0 Å². The van der Waals surface area contributed by atoms with Crippen molar-refractivity contribution in [1.29, 1.82) is 0 Å². The molecule has 0 bridgehead atoms. The van der Waals surface area contributed by atoms with Gasteiger partial charge in [0.05, 0.1) is 16.9 Å². The van der Waals surface area contributed by atoms with Gasteiger partial charge < -0.3 is 10.2 Å². The molecule has 4 rings (SSSR count). The van der Waals surface area contributed by atoms with Gasteiger partial charge in [-0.05, 0) is 48.0 Å². The second kappa shape index (κ2) is 11.1. The Labute approximate surface area is 211 Å². The first-order chi connectivity index (χ1) is 17.2. The number of pyridine rings is 1. The van der Waals surface area contributed by atoms with Crippen LogP contribution in [0.15, 0.2) is 66.9 Å². The zero-order valence-electron chi connectivity index (χ0n) is 19.1. The van der Waals surface area contributed by atoms with Gasteiger partial charge in [0.25, 0.3) is 5.91 Å². The fourth-order valence-electron chi connectivity index (χ4n) is 3.90. The number of carbonyl (C=O) groups excluding carboxylic acids is 1. The number of nitrogens with one attached hydrogen (secondary N) is 1. The monoisotopic (exact) mass is 518 g/mol. The van der Waals surface area contributed by atoms with Gasteiger partial charge in [-0.2, -0.15) is 13.2 Å². The minimum absolute atomic E-state index is 0.200. The molecule has 1 aliphatic heterocycles. The lowest BCUT2D eigenvalue weighted by Crippen LogP contribution is -2.46.